The standard InChI is InChI=1S/C31H37N3O3/c1-21-14-15-34-27(16-21)33-29(30(34)32-20-23-10-8-7-9-11-23)24-12-13-25(26(18-24)36-6)37-28(35)17-22(2)19-31(3,4)5/h7-16,18,22,32H,17,19-20H2,1-6H3. The maximum atomic E-state index is 12.7. The van der Waals surface area contributed by atoms with Crippen molar-refractivity contribution in [2.24, 2.45) is 11.3 Å². The van der Waals surface area contributed by atoms with E-state index in [1.165, 1.54) is 5.56 Å². The van der Waals surface area contributed by atoms with Gasteiger partial charge in [0.05, 0.1) is 7.11 Å². The molecular formula is C31H37N3O3. The predicted octanol–water partition coefficient (Wildman–Crippen LogP) is 7.30. The molecule has 0 radical (unpaired) electrons. The van der Waals surface area contributed by atoms with Crippen LogP contribution in [0.3, 0.4) is 0 Å². The summed E-state index contributed by atoms with van der Waals surface area (Å²) in [6, 6.07) is 20.0. The molecule has 194 valence electrons. The molecule has 4 aromatic rings. The Labute approximate surface area is 219 Å². The topological polar surface area (TPSA) is 64.9 Å². The first-order valence-electron chi connectivity index (χ1n) is 12.8. The monoisotopic (exact) mass is 499 g/mol. The fourth-order valence-electron chi connectivity index (χ4n) is 4.76. The number of nitrogens with one attached hydrogen (secondary N) is 1. The molecule has 0 spiro atoms. The predicted molar refractivity (Wildman–Crippen MR) is 149 cm³/mol. The van der Waals surface area contributed by atoms with E-state index >= 15 is 0 Å². The minimum Gasteiger partial charge on any atom is -0.493 e. The molecule has 1 N–H and O–H groups in total. The zero-order valence-electron chi connectivity index (χ0n) is 22.7. The fraction of sp³-hybridized carbons (Fsp3) is 0.355. The van der Waals surface area contributed by atoms with Crippen molar-refractivity contribution >= 4 is 17.4 Å². The third kappa shape index (κ3) is 6.70. The van der Waals surface area contributed by atoms with Crippen LogP contribution in [0.15, 0.2) is 66.9 Å². The van der Waals surface area contributed by atoms with Crippen LogP contribution in [0.2, 0.25) is 0 Å². The highest BCUT2D eigenvalue weighted by atomic mass is 16.6. The van der Waals surface area contributed by atoms with E-state index in [-0.39, 0.29) is 17.3 Å². The number of aromatic nitrogens is 2. The lowest BCUT2D eigenvalue weighted by Gasteiger charge is -2.22. The van der Waals surface area contributed by atoms with Gasteiger partial charge in [-0.15, -0.1) is 0 Å². The van der Waals surface area contributed by atoms with Crippen LogP contribution in [0.4, 0.5) is 5.82 Å². The highest BCUT2D eigenvalue weighted by Gasteiger charge is 2.21. The van der Waals surface area contributed by atoms with Crippen molar-refractivity contribution in [3.63, 3.8) is 0 Å². The Morgan fingerprint density at radius 2 is 1.81 bits per heavy atom. The number of rotatable bonds is 9. The van der Waals surface area contributed by atoms with E-state index in [9.17, 15) is 4.79 Å². The molecule has 2 aromatic heterocycles. The van der Waals surface area contributed by atoms with Crippen molar-refractivity contribution in [3.05, 3.63) is 78.0 Å². The van der Waals surface area contributed by atoms with Gasteiger partial charge in [0.2, 0.25) is 0 Å². The third-order valence-electron chi connectivity index (χ3n) is 6.22. The number of carbonyl (C=O) groups is 1. The van der Waals surface area contributed by atoms with Crippen molar-refractivity contribution < 1.29 is 14.3 Å². The maximum absolute atomic E-state index is 12.7. The Morgan fingerprint density at radius 1 is 1.05 bits per heavy atom. The quantitative estimate of drug-likeness (QED) is 0.193. The minimum absolute atomic E-state index is 0.165. The number of methoxy groups -OCH3 is 1. The van der Waals surface area contributed by atoms with Crippen molar-refractivity contribution in [2.45, 2.75) is 54.0 Å². The first kappa shape index (κ1) is 26.3. The van der Waals surface area contributed by atoms with E-state index in [1.54, 1.807) is 13.2 Å². The van der Waals surface area contributed by atoms with Crippen LogP contribution in [0.25, 0.3) is 16.9 Å². The summed E-state index contributed by atoms with van der Waals surface area (Å²) in [6.45, 7) is 11.3. The van der Waals surface area contributed by atoms with Gasteiger partial charge in [-0.3, -0.25) is 9.20 Å². The van der Waals surface area contributed by atoms with E-state index in [4.69, 9.17) is 14.5 Å². The minimum atomic E-state index is -0.253. The van der Waals surface area contributed by atoms with Gasteiger partial charge in [0.1, 0.15) is 17.2 Å². The SMILES string of the molecule is COc1cc(-c2nc3cc(C)ccn3c2NCc2ccccc2)ccc1OC(=O)CC(C)CC(C)(C)C. The molecule has 6 nitrogen and oxygen atoms in total. The Balaban J connectivity index is 1.61. The first-order valence-corrected chi connectivity index (χ1v) is 12.8. The van der Waals surface area contributed by atoms with Crippen molar-refractivity contribution in [2.75, 3.05) is 12.4 Å². The van der Waals surface area contributed by atoms with Crippen LogP contribution in [0.5, 0.6) is 11.5 Å². The number of benzene rings is 2. The molecule has 0 aliphatic rings. The van der Waals surface area contributed by atoms with Crippen LogP contribution in [-0.4, -0.2) is 22.5 Å². The number of ether oxygens (including phenoxy) is 2. The molecule has 2 heterocycles. The largest absolute Gasteiger partial charge is 0.493 e. The Kier molecular flexibility index (Phi) is 7.86. The van der Waals surface area contributed by atoms with Gasteiger partial charge in [0, 0.05) is 24.7 Å². The van der Waals surface area contributed by atoms with Gasteiger partial charge in [-0.05, 0) is 66.1 Å². The van der Waals surface area contributed by atoms with E-state index in [2.05, 4.69) is 68.6 Å². The third-order valence-corrected chi connectivity index (χ3v) is 6.22. The fourth-order valence-corrected chi connectivity index (χ4v) is 4.76. The van der Waals surface area contributed by atoms with E-state index < -0.39 is 0 Å². The molecule has 4 rings (SSSR count). The number of fused-ring (bicyclic) bond motifs is 1. The number of imidazole rings is 1. The zero-order valence-corrected chi connectivity index (χ0v) is 22.7. The Morgan fingerprint density at radius 3 is 2.51 bits per heavy atom. The molecule has 0 amide bonds. The lowest BCUT2D eigenvalue weighted by atomic mass is 9.84. The van der Waals surface area contributed by atoms with E-state index in [1.807, 2.05) is 36.5 Å². The number of pyridine rings is 1. The van der Waals surface area contributed by atoms with Crippen molar-refractivity contribution in [3.8, 4) is 22.8 Å². The van der Waals surface area contributed by atoms with Gasteiger partial charge in [0.15, 0.2) is 11.5 Å². The highest BCUT2D eigenvalue weighted by Crippen LogP contribution is 2.36. The second-order valence-electron chi connectivity index (χ2n) is 11.0. The summed E-state index contributed by atoms with van der Waals surface area (Å²) in [5.74, 6) is 1.78. The molecule has 1 atom stereocenters. The van der Waals surface area contributed by atoms with Gasteiger partial charge in [0.25, 0.3) is 0 Å². The summed E-state index contributed by atoms with van der Waals surface area (Å²) < 4.78 is 13.4. The Hall–Kier alpha value is -3.80. The van der Waals surface area contributed by atoms with Gasteiger partial charge < -0.3 is 14.8 Å². The lowest BCUT2D eigenvalue weighted by molar-refractivity contribution is -0.135. The number of hydrogen-bond donors (Lipinski definition) is 1. The number of hydrogen-bond acceptors (Lipinski definition) is 5. The van der Waals surface area contributed by atoms with Crippen LogP contribution >= 0.6 is 0 Å². The van der Waals surface area contributed by atoms with Crippen molar-refractivity contribution in [1.29, 1.82) is 0 Å². The summed E-state index contributed by atoms with van der Waals surface area (Å²) in [7, 11) is 1.58. The summed E-state index contributed by atoms with van der Waals surface area (Å²) in [5.41, 5.74) is 5.01. The Bertz CT molecular complexity index is 1370. The second-order valence-corrected chi connectivity index (χ2v) is 11.0. The maximum Gasteiger partial charge on any atom is 0.311 e. The molecule has 0 saturated carbocycles. The molecule has 37 heavy (non-hydrogen) atoms. The molecule has 2 aromatic carbocycles. The molecule has 0 bridgehead atoms. The number of anilines is 1. The van der Waals surface area contributed by atoms with Crippen LogP contribution < -0.4 is 14.8 Å². The number of carbonyl (C=O) groups excluding carboxylic acids is 1. The van der Waals surface area contributed by atoms with Crippen LogP contribution in [0.1, 0.15) is 51.7 Å². The van der Waals surface area contributed by atoms with Crippen LogP contribution in [0, 0.1) is 18.3 Å². The molecule has 0 aliphatic heterocycles. The smallest absolute Gasteiger partial charge is 0.311 e. The van der Waals surface area contributed by atoms with Crippen molar-refractivity contribution in [1.82, 2.24) is 9.38 Å². The molecule has 0 aliphatic carbocycles. The number of aryl methyl sites for hydroxylation is 1. The number of esters is 1. The lowest BCUT2D eigenvalue weighted by Crippen LogP contribution is -2.17. The number of nitrogens with zero attached hydrogens (tertiary/aromatic N) is 2. The van der Waals surface area contributed by atoms with E-state index in [0.717, 1.165) is 34.7 Å². The first-order chi connectivity index (χ1) is 17.6. The normalized spacial score (nSPS) is 12.4. The summed E-state index contributed by atoms with van der Waals surface area (Å²) in [4.78, 5) is 17.6. The second kappa shape index (κ2) is 11.1. The summed E-state index contributed by atoms with van der Waals surface area (Å²) in [5, 5.41) is 3.57. The van der Waals surface area contributed by atoms with Gasteiger partial charge in [-0.2, -0.15) is 0 Å². The average Bonchev–Trinajstić information content (AvgIpc) is 3.19. The molecule has 0 saturated heterocycles. The average molecular weight is 500 g/mol. The molecular weight excluding hydrogens is 462 g/mol. The zero-order chi connectivity index (χ0) is 26.6. The summed E-state index contributed by atoms with van der Waals surface area (Å²) >= 11 is 0. The van der Waals surface area contributed by atoms with Gasteiger partial charge >= 0.3 is 5.97 Å². The molecule has 1 unspecified atom stereocenters. The van der Waals surface area contributed by atoms with Crippen LogP contribution in [-0.2, 0) is 11.3 Å². The van der Waals surface area contributed by atoms with E-state index in [0.29, 0.717) is 24.5 Å². The molecule has 6 heteroatoms. The van der Waals surface area contributed by atoms with Gasteiger partial charge in [-0.25, -0.2) is 4.98 Å². The molecule has 0 fully saturated rings. The summed E-state index contributed by atoms with van der Waals surface area (Å²) in [6.07, 6.45) is 3.34. The highest BCUT2D eigenvalue weighted by molar-refractivity contribution is 5.79. The van der Waals surface area contributed by atoms with Gasteiger partial charge in [-0.1, -0.05) is 58.0 Å².